The Balaban J connectivity index is 1.33. The summed E-state index contributed by atoms with van der Waals surface area (Å²) in [5.41, 5.74) is 17.5. The third-order valence-electron chi connectivity index (χ3n) is 16.4. The molecule has 0 aliphatic heterocycles. The quantitative estimate of drug-likeness (QED) is 0.156. The fraction of sp³-hybridized carbons (Fsp3) is 0.333. The lowest BCUT2D eigenvalue weighted by Gasteiger charge is -2.44. The van der Waals surface area contributed by atoms with Crippen LogP contribution in [0.2, 0.25) is 0 Å². The van der Waals surface area contributed by atoms with Crippen LogP contribution in [0.4, 0.5) is 0 Å². The average Bonchev–Trinajstić information content (AvgIpc) is 3.64. The van der Waals surface area contributed by atoms with Gasteiger partial charge in [-0.1, -0.05) is 102 Å². The summed E-state index contributed by atoms with van der Waals surface area (Å²) in [5.74, 6) is 2.39. The number of nitrogens with zero attached hydrogens (tertiary/aromatic N) is 3. The van der Waals surface area contributed by atoms with Crippen LogP contribution in [0, 0.1) is 34.5 Å². The van der Waals surface area contributed by atoms with Gasteiger partial charge in [0.25, 0.3) is 0 Å². The average molecular weight is 736 g/mol. The summed E-state index contributed by atoms with van der Waals surface area (Å²) < 4.78 is 2.54. The zero-order valence-electron chi connectivity index (χ0n) is 33.7. The Morgan fingerprint density at radius 2 is 1.11 bits per heavy atom. The van der Waals surface area contributed by atoms with Crippen LogP contribution in [-0.4, -0.2) is 4.40 Å². The van der Waals surface area contributed by atoms with Crippen molar-refractivity contribution in [3.8, 4) is 23.3 Å². The molecule has 0 saturated heterocycles. The van der Waals surface area contributed by atoms with Crippen molar-refractivity contribution in [3.63, 3.8) is 0 Å². The van der Waals surface area contributed by atoms with Crippen molar-refractivity contribution in [1.29, 1.82) is 10.5 Å². The molecule has 3 nitrogen and oxygen atoms in total. The predicted octanol–water partition coefficient (Wildman–Crippen LogP) is 13.4. The van der Waals surface area contributed by atoms with Gasteiger partial charge >= 0.3 is 0 Å². The summed E-state index contributed by atoms with van der Waals surface area (Å²) in [4.78, 5) is 0. The van der Waals surface area contributed by atoms with Crippen molar-refractivity contribution < 1.29 is 0 Å². The number of hydrogen-bond acceptors (Lipinski definition) is 2. The molecule has 0 N–H and O–H groups in total. The molecule has 8 aromatic rings. The lowest BCUT2D eigenvalue weighted by atomic mass is 9.58. The highest BCUT2D eigenvalue weighted by atomic mass is 14.9. The van der Waals surface area contributed by atoms with E-state index in [1.807, 2.05) is 0 Å². The molecular formula is C54H45N3. The number of rotatable bonds is 0. The molecule has 3 heteroatoms. The second-order valence-corrected chi connectivity index (χ2v) is 20.3. The molecule has 6 aliphatic carbocycles. The minimum absolute atomic E-state index is 0.282. The zero-order valence-corrected chi connectivity index (χ0v) is 33.7. The largest absolute Gasteiger partial charge is 0.308 e. The second kappa shape index (κ2) is 10.1. The van der Waals surface area contributed by atoms with Crippen molar-refractivity contribution >= 4 is 48.9 Å². The van der Waals surface area contributed by atoms with Gasteiger partial charge in [-0.3, -0.25) is 0 Å². The van der Waals surface area contributed by atoms with Crippen LogP contribution in [0.3, 0.4) is 0 Å². The molecule has 2 saturated carbocycles. The Hall–Kier alpha value is -5.64. The molecule has 2 atom stereocenters. The van der Waals surface area contributed by atoms with E-state index in [1.54, 1.807) is 0 Å². The summed E-state index contributed by atoms with van der Waals surface area (Å²) in [7, 11) is 0. The van der Waals surface area contributed by atoms with Crippen LogP contribution in [-0.2, 0) is 16.2 Å². The summed E-state index contributed by atoms with van der Waals surface area (Å²) in [5, 5.41) is 30.3. The van der Waals surface area contributed by atoms with Crippen LogP contribution in [0.5, 0.6) is 0 Å². The molecule has 6 aliphatic rings. The van der Waals surface area contributed by atoms with Crippen LogP contribution >= 0.6 is 0 Å². The van der Waals surface area contributed by atoms with Gasteiger partial charge in [-0.05, 0) is 140 Å². The molecule has 2 heterocycles. The number of nitriles is 2. The monoisotopic (exact) mass is 735 g/mol. The highest BCUT2D eigenvalue weighted by Crippen LogP contribution is 2.63. The number of benzene rings is 6. The van der Waals surface area contributed by atoms with E-state index >= 15 is 0 Å². The molecule has 2 aromatic heterocycles. The van der Waals surface area contributed by atoms with Crippen LogP contribution in [0.15, 0.2) is 78.9 Å². The molecule has 2 unspecified atom stereocenters. The van der Waals surface area contributed by atoms with Gasteiger partial charge in [0.2, 0.25) is 0 Å². The third-order valence-corrected chi connectivity index (χ3v) is 16.4. The minimum Gasteiger partial charge on any atom is -0.308 e. The second-order valence-electron chi connectivity index (χ2n) is 20.3. The molecule has 0 spiro atoms. The SMILES string of the molecule is CC1(C)c2ccccc2C(C)(C)c2c1c(C#N)cc1c2c2cc3c(c4c5c6c(c(C#N)cc5n1c24)C1CC2CC(C1)CC6C2)C(C)(C)c1cccc2cccc-3c12. The van der Waals surface area contributed by atoms with Crippen molar-refractivity contribution in [2.75, 3.05) is 0 Å². The van der Waals surface area contributed by atoms with E-state index < -0.39 is 0 Å². The number of fused-ring (bicyclic) bond motifs is 12. The molecule has 2 fully saturated rings. The van der Waals surface area contributed by atoms with Gasteiger partial charge in [0.15, 0.2) is 0 Å². The van der Waals surface area contributed by atoms with E-state index in [2.05, 4.69) is 137 Å². The molecule has 276 valence electrons. The maximum Gasteiger partial charge on any atom is 0.0995 e. The summed E-state index contributed by atoms with van der Waals surface area (Å²) >= 11 is 0. The summed E-state index contributed by atoms with van der Waals surface area (Å²) in [6, 6.07) is 35.3. The standard InChI is InChI=1S/C54H45N3/c1-52(2)37-14-7-8-15-38(37)53(3,4)50-45-36-24-35-34-13-9-11-29-12-10-16-39(43(29)34)54(5,6)49(35)47-46-41(57(51(36)47)40(45)23-33(26-56)48(50)52)22-32(25-55)42-30-18-27-17-28(19-30)21-31(20-27)44(42)46/h7-16,22-24,27-28,30-31H,17-21H2,1-6H3. The molecule has 4 bridgehead atoms. The molecule has 6 aromatic carbocycles. The minimum atomic E-state index is -0.371. The van der Waals surface area contributed by atoms with Gasteiger partial charge in [0.05, 0.1) is 39.8 Å². The van der Waals surface area contributed by atoms with Crippen LogP contribution in [0.25, 0.3) is 60.0 Å². The highest BCUT2D eigenvalue weighted by molar-refractivity contribution is 6.29. The van der Waals surface area contributed by atoms with E-state index in [0.29, 0.717) is 11.8 Å². The van der Waals surface area contributed by atoms with E-state index in [4.69, 9.17) is 0 Å². The van der Waals surface area contributed by atoms with Crippen molar-refractivity contribution in [3.05, 3.63) is 134 Å². The van der Waals surface area contributed by atoms with Crippen LogP contribution in [0.1, 0.15) is 141 Å². The van der Waals surface area contributed by atoms with Gasteiger partial charge in [-0.2, -0.15) is 10.5 Å². The normalized spacial score (nSPS) is 24.0. The smallest absolute Gasteiger partial charge is 0.0995 e. The van der Waals surface area contributed by atoms with Crippen molar-refractivity contribution in [1.82, 2.24) is 4.40 Å². The van der Waals surface area contributed by atoms with Gasteiger partial charge < -0.3 is 4.40 Å². The highest BCUT2D eigenvalue weighted by Gasteiger charge is 2.48. The Kier molecular flexibility index (Phi) is 5.73. The fourth-order valence-electron chi connectivity index (χ4n) is 14.5. The Morgan fingerprint density at radius 3 is 1.79 bits per heavy atom. The maximum absolute atomic E-state index is 11.2. The van der Waals surface area contributed by atoms with E-state index in [0.717, 1.165) is 39.6 Å². The third kappa shape index (κ3) is 3.58. The van der Waals surface area contributed by atoms with Gasteiger partial charge in [0.1, 0.15) is 0 Å². The Morgan fingerprint density at radius 1 is 0.526 bits per heavy atom. The van der Waals surface area contributed by atoms with Crippen molar-refractivity contribution in [2.24, 2.45) is 11.8 Å². The van der Waals surface area contributed by atoms with Gasteiger partial charge in [-0.25, -0.2) is 0 Å². The van der Waals surface area contributed by atoms with Crippen molar-refractivity contribution in [2.45, 2.75) is 102 Å². The Bertz CT molecular complexity index is 3280. The van der Waals surface area contributed by atoms with E-state index in [1.165, 1.54) is 120 Å². The van der Waals surface area contributed by atoms with Gasteiger partial charge in [-0.15, -0.1) is 0 Å². The predicted molar refractivity (Wildman–Crippen MR) is 232 cm³/mol. The molecule has 57 heavy (non-hydrogen) atoms. The van der Waals surface area contributed by atoms with E-state index in [9.17, 15) is 10.5 Å². The first-order valence-corrected chi connectivity index (χ1v) is 21.3. The number of hydrogen-bond donors (Lipinski definition) is 0. The first kappa shape index (κ1) is 32.4. The fourth-order valence-corrected chi connectivity index (χ4v) is 14.5. The Labute approximate surface area is 333 Å². The molecule has 14 rings (SSSR count). The number of aromatic nitrogens is 1. The summed E-state index contributed by atoms with van der Waals surface area (Å²) in [6.07, 6.45) is 6.25. The first-order valence-electron chi connectivity index (χ1n) is 21.3. The lowest BCUT2D eigenvalue weighted by Crippen LogP contribution is -2.37. The molecular weight excluding hydrogens is 691 g/mol. The first-order chi connectivity index (χ1) is 27.4. The topological polar surface area (TPSA) is 52.0 Å². The zero-order chi connectivity index (χ0) is 38.7. The molecule has 0 radical (unpaired) electrons. The van der Waals surface area contributed by atoms with Gasteiger partial charge in [0, 0.05) is 37.8 Å². The summed E-state index contributed by atoms with van der Waals surface area (Å²) in [6.45, 7) is 14.3. The maximum atomic E-state index is 11.2. The molecule has 0 amide bonds. The van der Waals surface area contributed by atoms with E-state index in [-0.39, 0.29) is 16.2 Å². The lowest BCUT2D eigenvalue weighted by molar-refractivity contribution is 0.166. The van der Waals surface area contributed by atoms with Crippen LogP contribution < -0.4 is 0 Å².